The fourth-order valence-corrected chi connectivity index (χ4v) is 3.11. The smallest absolute Gasteiger partial charge is 0.200 e. The molecule has 3 rings (SSSR count). The summed E-state index contributed by atoms with van der Waals surface area (Å²) in [5.74, 6) is 1.44. The summed E-state index contributed by atoms with van der Waals surface area (Å²) in [6, 6.07) is 13.8. The first-order valence-corrected chi connectivity index (χ1v) is 10.2. The minimum atomic E-state index is -0.0127. The number of benzene rings is 2. The lowest BCUT2D eigenvalue weighted by atomic mass is 10.1. The molecule has 1 heterocycles. The van der Waals surface area contributed by atoms with Gasteiger partial charge in [0.05, 0.1) is 26.5 Å². The van der Waals surface area contributed by atoms with Gasteiger partial charge in [-0.1, -0.05) is 12.1 Å². The lowest BCUT2D eigenvalue weighted by Crippen LogP contribution is -2.38. The summed E-state index contributed by atoms with van der Waals surface area (Å²) in [7, 11) is 3.02. The second-order valence-electron chi connectivity index (χ2n) is 6.84. The second kappa shape index (κ2) is 12.8. The highest BCUT2D eigenvalue weighted by atomic mass is 127. The average Bonchev–Trinajstić information content (AvgIpc) is 3.33. The van der Waals surface area contributed by atoms with Gasteiger partial charge in [0.25, 0.3) is 0 Å². The molecule has 9 heteroatoms. The molecular formula is C23H30IN5O3. The van der Waals surface area contributed by atoms with Crippen molar-refractivity contribution in [1.29, 1.82) is 0 Å². The molecule has 0 aliphatic heterocycles. The lowest BCUT2D eigenvalue weighted by Gasteiger charge is -2.13. The van der Waals surface area contributed by atoms with Crippen molar-refractivity contribution in [3.8, 4) is 22.9 Å². The summed E-state index contributed by atoms with van der Waals surface area (Å²) in [4.78, 5) is 4.63. The molecule has 172 valence electrons. The van der Waals surface area contributed by atoms with Crippen molar-refractivity contribution < 1.29 is 14.6 Å². The van der Waals surface area contributed by atoms with Gasteiger partial charge in [0.1, 0.15) is 0 Å². The van der Waals surface area contributed by atoms with Gasteiger partial charge in [-0.25, -0.2) is 9.67 Å². The summed E-state index contributed by atoms with van der Waals surface area (Å²) in [5.41, 5.74) is 3.14. The summed E-state index contributed by atoms with van der Waals surface area (Å²) in [6.07, 6.45) is 4.56. The summed E-state index contributed by atoms with van der Waals surface area (Å²) in [6.45, 7) is 3.94. The molecule has 3 N–H and O–H groups in total. The van der Waals surface area contributed by atoms with Gasteiger partial charge < -0.3 is 25.2 Å². The number of aliphatic imine (C=N–C) groups is 1. The van der Waals surface area contributed by atoms with Crippen LogP contribution in [0.1, 0.15) is 18.1 Å². The topological polar surface area (TPSA) is 92.9 Å². The number of nitrogens with one attached hydrogen (secondary N) is 2. The Kier molecular flexibility index (Phi) is 10.1. The summed E-state index contributed by atoms with van der Waals surface area (Å²) >= 11 is 0. The molecule has 0 amide bonds. The third-order valence-corrected chi connectivity index (χ3v) is 4.71. The van der Waals surface area contributed by atoms with E-state index in [2.05, 4.69) is 45.0 Å². The van der Waals surface area contributed by atoms with Gasteiger partial charge >= 0.3 is 0 Å². The van der Waals surface area contributed by atoms with E-state index in [1.165, 1.54) is 19.8 Å². The van der Waals surface area contributed by atoms with Crippen LogP contribution in [0.5, 0.6) is 17.2 Å². The third kappa shape index (κ3) is 6.78. The van der Waals surface area contributed by atoms with Gasteiger partial charge in [0, 0.05) is 25.5 Å². The number of ether oxygens (including phenoxy) is 2. The van der Waals surface area contributed by atoms with Crippen molar-refractivity contribution in [3.63, 3.8) is 0 Å². The van der Waals surface area contributed by atoms with E-state index < -0.39 is 0 Å². The van der Waals surface area contributed by atoms with E-state index in [0.717, 1.165) is 36.7 Å². The Morgan fingerprint density at radius 2 is 1.75 bits per heavy atom. The van der Waals surface area contributed by atoms with E-state index in [-0.39, 0.29) is 29.7 Å². The van der Waals surface area contributed by atoms with Crippen LogP contribution in [-0.2, 0) is 13.0 Å². The highest BCUT2D eigenvalue weighted by Gasteiger charge is 2.11. The molecule has 0 aliphatic carbocycles. The van der Waals surface area contributed by atoms with E-state index in [4.69, 9.17) is 9.47 Å². The van der Waals surface area contributed by atoms with Crippen LogP contribution in [0.3, 0.4) is 0 Å². The first-order chi connectivity index (χ1) is 15.1. The Labute approximate surface area is 205 Å². The van der Waals surface area contributed by atoms with Crippen LogP contribution in [-0.4, -0.2) is 48.2 Å². The number of phenols is 1. The van der Waals surface area contributed by atoms with Crippen molar-refractivity contribution in [3.05, 3.63) is 66.0 Å². The molecule has 2 aromatic carbocycles. The number of hydrogen-bond acceptors (Lipinski definition) is 5. The fraction of sp³-hybridized carbons (Fsp3) is 0.304. The van der Waals surface area contributed by atoms with E-state index in [0.29, 0.717) is 18.0 Å². The van der Waals surface area contributed by atoms with E-state index in [9.17, 15) is 5.11 Å². The van der Waals surface area contributed by atoms with E-state index in [1.54, 1.807) is 18.3 Å². The molecule has 0 unspecified atom stereocenters. The number of halogens is 1. The number of aromatic nitrogens is 2. The maximum atomic E-state index is 10.1. The molecule has 8 nitrogen and oxygen atoms in total. The molecule has 32 heavy (non-hydrogen) atoms. The van der Waals surface area contributed by atoms with E-state index >= 15 is 0 Å². The summed E-state index contributed by atoms with van der Waals surface area (Å²) in [5, 5.41) is 20.9. The highest BCUT2D eigenvalue weighted by molar-refractivity contribution is 14.0. The Morgan fingerprint density at radius 1 is 1.06 bits per heavy atom. The Morgan fingerprint density at radius 3 is 2.31 bits per heavy atom. The minimum absolute atomic E-state index is 0. The first-order valence-electron chi connectivity index (χ1n) is 10.2. The van der Waals surface area contributed by atoms with Crippen LogP contribution < -0.4 is 20.1 Å². The minimum Gasteiger partial charge on any atom is -0.502 e. The Balaban J connectivity index is 0.00000363. The van der Waals surface area contributed by atoms with Gasteiger partial charge in [-0.05, 0) is 54.8 Å². The number of hydrogen-bond donors (Lipinski definition) is 3. The molecule has 0 saturated carbocycles. The number of rotatable bonds is 9. The Bertz CT molecular complexity index is 966. The van der Waals surface area contributed by atoms with Gasteiger partial charge in [0.15, 0.2) is 17.5 Å². The van der Waals surface area contributed by atoms with Crippen molar-refractivity contribution in [2.24, 2.45) is 4.99 Å². The highest BCUT2D eigenvalue weighted by Crippen LogP contribution is 2.37. The molecule has 0 saturated heterocycles. The largest absolute Gasteiger partial charge is 0.502 e. The number of guanidine groups is 1. The average molecular weight is 551 g/mol. The second-order valence-corrected chi connectivity index (χ2v) is 6.84. The monoisotopic (exact) mass is 551 g/mol. The predicted molar refractivity (Wildman–Crippen MR) is 137 cm³/mol. The first kappa shape index (κ1) is 25.3. The van der Waals surface area contributed by atoms with Crippen LogP contribution in [0.25, 0.3) is 5.69 Å². The van der Waals surface area contributed by atoms with Crippen molar-refractivity contribution in [1.82, 2.24) is 20.4 Å². The molecule has 0 atom stereocenters. The maximum Gasteiger partial charge on any atom is 0.200 e. The number of phenolic OH excluding ortho intramolecular Hbond substituents is 1. The Hall–Kier alpha value is -2.95. The number of methoxy groups -OCH3 is 2. The zero-order valence-corrected chi connectivity index (χ0v) is 20.9. The van der Waals surface area contributed by atoms with Crippen molar-refractivity contribution >= 4 is 29.9 Å². The normalized spacial score (nSPS) is 10.9. The van der Waals surface area contributed by atoms with Crippen molar-refractivity contribution in [2.45, 2.75) is 19.9 Å². The SMILES string of the molecule is CCNC(=NCc1cc(OC)c(O)c(OC)c1)NCCc1ccc(-n2cccn2)cc1.I. The van der Waals surface area contributed by atoms with E-state index in [1.807, 2.05) is 23.9 Å². The number of nitrogens with zero attached hydrogens (tertiary/aromatic N) is 3. The van der Waals surface area contributed by atoms with Crippen LogP contribution >= 0.6 is 24.0 Å². The van der Waals surface area contributed by atoms with Gasteiger partial charge in [-0.15, -0.1) is 24.0 Å². The quantitative estimate of drug-likeness (QED) is 0.214. The predicted octanol–water partition coefficient (Wildman–Crippen LogP) is 3.51. The molecular weight excluding hydrogens is 521 g/mol. The van der Waals surface area contributed by atoms with Gasteiger partial charge in [0.2, 0.25) is 5.75 Å². The molecule has 0 spiro atoms. The fourth-order valence-electron chi connectivity index (χ4n) is 3.11. The zero-order chi connectivity index (χ0) is 22.1. The molecule has 0 aliphatic rings. The standard InChI is InChI=1S/C23H29N5O3.HI/c1-4-24-23(26-16-18-14-20(30-2)22(29)21(15-18)31-3)25-12-10-17-6-8-19(9-7-17)28-13-5-11-27-28;/h5-9,11,13-15,29H,4,10,12,16H2,1-3H3,(H2,24,25,26);1H. The van der Waals surface area contributed by atoms with Gasteiger partial charge in [-0.3, -0.25) is 0 Å². The third-order valence-electron chi connectivity index (χ3n) is 4.71. The van der Waals surface area contributed by atoms with Crippen LogP contribution in [0.2, 0.25) is 0 Å². The van der Waals surface area contributed by atoms with Crippen molar-refractivity contribution in [2.75, 3.05) is 27.3 Å². The van der Waals surface area contributed by atoms with Gasteiger partial charge in [-0.2, -0.15) is 5.10 Å². The number of aromatic hydroxyl groups is 1. The lowest BCUT2D eigenvalue weighted by molar-refractivity contribution is 0.339. The molecule has 1 aromatic heterocycles. The van der Waals surface area contributed by atoms with Crippen LogP contribution in [0, 0.1) is 0 Å². The summed E-state index contributed by atoms with van der Waals surface area (Å²) < 4.78 is 12.3. The molecule has 0 fully saturated rings. The molecule has 3 aromatic rings. The zero-order valence-electron chi connectivity index (χ0n) is 18.5. The molecule has 0 bridgehead atoms. The molecule has 0 radical (unpaired) electrons. The van der Waals surface area contributed by atoms with Crippen LogP contribution in [0.4, 0.5) is 0 Å². The maximum absolute atomic E-state index is 10.1. The van der Waals surface area contributed by atoms with Crippen LogP contribution in [0.15, 0.2) is 59.9 Å².